The van der Waals surface area contributed by atoms with Crippen LogP contribution in [0.1, 0.15) is 17.0 Å². The van der Waals surface area contributed by atoms with Crippen LogP contribution in [-0.2, 0) is 26.3 Å². The summed E-state index contributed by atoms with van der Waals surface area (Å²) in [5.74, 6) is 1.27. The largest absolute Gasteiger partial charge is 3.00 e. The molecule has 0 bridgehead atoms. The molecule has 0 fully saturated rings. The maximum atomic E-state index is 12.4. The van der Waals surface area contributed by atoms with Crippen LogP contribution in [0, 0.1) is 26.0 Å². The van der Waals surface area contributed by atoms with E-state index in [1.165, 1.54) is 6.07 Å². The van der Waals surface area contributed by atoms with E-state index in [1.807, 2.05) is 54.6 Å². The molecule has 0 amide bonds. The molecule has 36 heavy (non-hydrogen) atoms. The second kappa shape index (κ2) is 11.8. The number of alkyl halides is 3. The van der Waals surface area contributed by atoms with Crippen molar-refractivity contribution in [3.8, 4) is 34.0 Å². The maximum Gasteiger partial charge on any atom is 3.00 e. The first-order chi connectivity index (χ1) is 16.8. The van der Waals surface area contributed by atoms with Crippen LogP contribution in [0.15, 0.2) is 79.0 Å². The van der Waals surface area contributed by atoms with E-state index in [0.29, 0.717) is 28.6 Å². The molecule has 0 aliphatic rings. The molecule has 5 nitrogen and oxygen atoms in total. The van der Waals surface area contributed by atoms with Crippen molar-refractivity contribution in [2.24, 2.45) is 0 Å². The number of aromatic nitrogens is 5. The molecule has 0 saturated carbocycles. The number of halogens is 3. The topological polar surface area (TPSA) is 65.7 Å². The Balaban J connectivity index is 0.000000195. The predicted octanol–water partition coefficient (Wildman–Crippen LogP) is 6.14. The van der Waals surface area contributed by atoms with E-state index in [4.69, 9.17) is 0 Å². The van der Waals surface area contributed by atoms with Gasteiger partial charge in [0.25, 0.3) is 0 Å². The van der Waals surface area contributed by atoms with Crippen LogP contribution in [0.25, 0.3) is 34.0 Å². The number of hydrogen-bond donors (Lipinski definition) is 0. The number of rotatable bonds is 3. The molecule has 0 saturated heterocycles. The molecule has 0 radical (unpaired) electrons. The summed E-state index contributed by atoms with van der Waals surface area (Å²) in [6, 6.07) is 26.4. The Morgan fingerprint density at radius 2 is 1.58 bits per heavy atom. The summed E-state index contributed by atoms with van der Waals surface area (Å²) < 4.78 is 37.2. The zero-order valence-corrected chi connectivity index (χ0v) is 21.6. The molecule has 0 aliphatic carbocycles. The van der Waals surface area contributed by atoms with Crippen LogP contribution < -0.4 is 5.10 Å². The fourth-order valence-corrected chi connectivity index (χ4v) is 3.21. The van der Waals surface area contributed by atoms with Crippen molar-refractivity contribution in [2.75, 3.05) is 0 Å². The SMILES string of the molecule is Cc1cnc(-c2[c-]cc(C(F)(F)F)cc2)c(C)n1.[Ir+3].[c-]1ccccc1-c1nc(-c2ccccc2)n[n-]1. The Bertz CT molecular complexity index is 1330. The number of benzene rings is 3. The van der Waals surface area contributed by atoms with Gasteiger partial charge in [0.05, 0.1) is 5.69 Å². The van der Waals surface area contributed by atoms with Gasteiger partial charge in [-0.2, -0.15) is 18.7 Å². The van der Waals surface area contributed by atoms with Crippen molar-refractivity contribution in [3.63, 3.8) is 0 Å². The molecule has 5 aromatic rings. The van der Waals surface area contributed by atoms with Gasteiger partial charge in [-0.05, 0) is 25.0 Å². The van der Waals surface area contributed by atoms with E-state index in [9.17, 15) is 13.2 Å². The van der Waals surface area contributed by atoms with Crippen LogP contribution >= 0.6 is 0 Å². The average Bonchev–Trinajstić information content (AvgIpc) is 3.36. The summed E-state index contributed by atoms with van der Waals surface area (Å²) in [6.45, 7) is 3.57. The molecule has 3 aromatic carbocycles. The zero-order chi connectivity index (χ0) is 24.8. The van der Waals surface area contributed by atoms with Crippen molar-refractivity contribution >= 4 is 0 Å². The minimum absolute atomic E-state index is 0. The molecular formula is C27H19F3IrN5. The molecule has 0 spiro atoms. The molecule has 0 aliphatic heterocycles. The van der Waals surface area contributed by atoms with Gasteiger partial charge in [-0.25, -0.2) is 0 Å². The van der Waals surface area contributed by atoms with Gasteiger partial charge in [0.1, 0.15) is 0 Å². The van der Waals surface area contributed by atoms with Gasteiger partial charge in [0, 0.05) is 23.4 Å². The van der Waals surface area contributed by atoms with Gasteiger partial charge in [0.15, 0.2) is 0 Å². The predicted molar refractivity (Wildman–Crippen MR) is 126 cm³/mol. The Morgan fingerprint density at radius 3 is 2.19 bits per heavy atom. The molecule has 182 valence electrons. The second-order valence-electron chi connectivity index (χ2n) is 7.54. The number of nitrogens with zero attached hydrogens (tertiary/aromatic N) is 5. The van der Waals surface area contributed by atoms with Crippen LogP contribution in [-0.4, -0.2) is 20.1 Å². The summed E-state index contributed by atoms with van der Waals surface area (Å²) in [5, 5.41) is 8.15. The van der Waals surface area contributed by atoms with Crippen molar-refractivity contribution in [2.45, 2.75) is 20.0 Å². The summed E-state index contributed by atoms with van der Waals surface area (Å²) in [4.78, 5) is 12.8. The average molecular weight is 663 g/mol. The van der Waals surface area contributed by atoms with E-state index < -0.39 is 11.7 Å². The Kier molecular flexibility index (Phi) is 8.85. The Labute approximate surface area is 220 Å². The van der Waals surface area contributed by atoms with Crippen LogP contribution in [0.2, 0.25) is 0 Å². The normalized spacial score (nSPS) is 10.7. The third-order valence-electron chi connectivity index (χ3n) is 4.90. The van der Waals surface area contributed by atoms with E-state index in [-0.39, 0.29) is 20.1 Å². The third kappa shape index (κ3) is 6.71. The molecule has 2 aromatic heterocycles. The minimum atomic E-state index is -4.34. The van der Waals surface area contributed by atoms with Crippen LogP contribution in [0.3, 0.4) is 0 Å². The quantitative estimate of drug-likeness (QED) is 0.217. The first-order valence-corrected chi connectivity index (χ1v) is 10.6. The smallest absolute Gasteiger partial charge is 0.466 e. The van der Waals surface area contributed by atoms with Crippen molar-refractivity contribution in [1.82, 2.24) is 25.1 Å². The standard InChI is InChI=1S/C14H9N3.C13H10F3N2.Ir/c1-3-7-11(8-4-1)13-15-14(17-16-13)12-9-5-2-6-10-12;1-8-7-17-12(9(2)18-8)10-3-5-11(6-4-10)13(14,15)16;/h1-9H;3,5-7H,1-2H3;/q-2;-1;+3. The van der Waals surface area contributed by atoms with E-state index in [0.717, 1.165) is 29.0 Å². The van der Waals surface area contributed by atoms with E-state index in [2.05, 4.69) is 37.3 Å². The monoisotopic (exact) mass is 663 g/mol. The van der Waals surface area contributed by atoms with Gasteiger partial charge in [-0.3, -0.25) is 10.1 Å². The van der Waals surface area contributed by atoms with Gasteiger partial charge in [0.2, 0.25) is 0 Å². The van der Waals surface area contributed by atoms with Crippen molar-refractivity contribution < 1.29 is 33.3 Å². The second-order valence-corrected chi connectivity index (χ2v) is 7.54. The Morgan fingerprint density at radius 1 is 0.833 bits per heavy atom. The molecule has 0 atom stereocenters. The molecule has 2 heterocycles. The molecule has 9 heteroatoms. The summed E-state index contributed by atoms with van der Waals surface area (Å²) in [7, 11) is 0. The summed E-state index contributed by atoms with van der Waals surface area (Å²) >= 11 is 0. The number of hydrogen-bond acceptors (Lipinski definition) is 4. The van der Waals surface area contributed by atoms with Crippen LogP contribution in [0.5, 0.6) is 0 Å². The van der Waals surface area contributed by atoms with Crippen molar-refractivity contribution in [3.05, 3.63) is 108 Å². The number of aryl methyl sites for hydroxylation is 2. The van der Waals surface area contributed by atoms with Crippen LogP contribution in [0.4, 0.5) is 13.2 Å². The molecule has 5 rings (SSSR count). The zero-order valence-electron chi connectivity index (χ0n) is 19.2. The van der Waals surface area contributed by atoms with E-state index in [1.54, 1.807) is 20.0 Å². The van der Waals surface area contributed by atoms with Gasteiger partial charge in [-0.1, -0.05) is 30.3 Å². The van der Waals surface area contributed by atoms with Gasteiger partial charge in [-0.15, -0.1) is 66.0 Å². The molecule has 0 unspecified atom stereocenters. The fraction of sp³-hybridized carbons (Fsp3) is 0.111. The first kappa shape index (κ1) is 26.9. The van der Waals surface area contributed by atoms with Gasteiger partial charge >= 0.3 is 26.3 Å². The van der Waals surface area contributed by atoms with Gasteiger partial charge < -0.3 is 15.1 Å². The third-order valence-corrected chi connectivity index (χ3v) is 4.90. The maximum absolute atomic E-state index is 12.4. The Hall–Kier alpha value is -3.68. The summed E-state index contributed by atoms with van der Waals surface area (Å²) in [5.41, 5.74) is 3.62. The first-order valence-electron chi connectivity index (χ1n) is 10.6. The van der Waals surface area contributed by atoms with Crippen molar-refractivity contribution in [1.29, 1.82) is 0 Å². The van der Waals surface area contributed by atoms with E-state index >= 15 is 0 Å². The fourth-order valence-electron chi connectivity index (χ4n) is 3.21. The molecule has 0 N–H and O–H groups in total. The molecular weight excluding hydrogens is 644 g/mol. The summed E-state index contributed by atoms with van der Waals surface area (Å²) in [6.07, 6.45) is -2.77. The minimum Gasteiger partial charge on any atom is -0.466 e.